The van der Waals surface area contributed by atoms with E-state index >= 15 is 0 Å². The van der Waals surface area contributed by atoms with Crippen molar-refractivity contribution in [1.29, 1.82) is 0 Å². The fourth-order valence-electron chi connectivity index (χ4n) is 1.01. The normalized spacial score (nSPS) is 55.4. The summed E-state index contributed by atoms with van der Waals surface area (Å²) in [7, 11) is -4.18. The van der Waals surface area contributed by atoms with Crippen LogP contribution in [0.2, 0.25) is 0 Å². The Morgan fingerprint density at radius 2 is 1.75 bits per heavy atom. The van der Waals surface area contributed by atoms with Crippen LogP contribution < -0.4 is 0 Å². The molecule has 0 aliphatic carbocycles. The summed E-state index contributed by atoms with van der Waals surface area (Å²) in [6.45, 7) is 1.34. The average molecular weight is 198 g/mol. The Kier molecular flexibility index (Phi) is 2.58. The highest BCUT2D eigenvalue weighted by molar-refractivity contribution is 7.53. The van der Waals surface area contributed by atoms with Gasteiger partial charge in [0.25, 0.3) is 0 Å². The number of rotatable bonds is 0. The molecule has 0 aromatic rings. The zero-order valence-electron chi connectivity index (χ0n) is 6.36. The molecule has 6 nitrogen and oxygen atoms in total. The fourth-order valence-corrected chi connectivity index (χ4v) is 2.30. The maximum Gasteiger partial charge on any atom is 0.359 e. The van der Waals surface area contributed by atoms with Gasteiger partial charge >= 0.3 is 7.60 Å². The molecule has 1 rings (SSSR count). The van der Waals surface area contributed by atoms with Crippen LogP contribution in [0.5, 0.6) is 0 Å². The van der Waals surface area contributed by atoms with Crippen LogP contribution >= 0.6 is 7.60 Å². The molecule has 1 unspecified atom stereocenters. The van der Waals surface area contributed by atoms with Crippen molar-refractivity contribution in [1.82, 2.24) is 0 Å². The summed E-state index contributed by atoms with van der Waals surface area (Å²) in [4.78, 5) is 8.91. The van der Waals surface area contributed by atoms with Gasteiger partial charge in [-0.25, -0.2) is 0 Å². The van der Waals surface area contributed by atoms with Crippen LogP contribution in [0, 0.1) is 0 Å². The summed E-state index contributed by atoms with van der Waals surface area (Å²) in [6.07, 6.45) is -3.93. The Bertz CT molecular complexity index is 218. The largest absolute Gasteiger partial charge is 0.388 e. The molecular formula is C5H11O6P. The molecule has 0 aromatic carbocycles. The molecule has 5 atom stereocenters. The Labute approximate surface area is 68.9 Å². The summed E-state index contributed by atoms with van der Waals surface area (Å²) >= 11 is 0. The Hall–Kier alpha value is 0.0300. The molecule has 0 bridgehead atoms. The minimum Gasteiger partial charge on any atom is -0.388 e. The number of hydrogen-bond acceptors (Lipinski definition) is 5. The summed E-state index contributed by atoms with van der Waals surface area (Å²) in [5.41, 5.74) is 0. The van der Waals surface area contributed by atoms with Gasteiger partial charge in [-0.2, -0.15) is 0 Å². The molecule has 0 saturated carbocycles. The molecule has 0 radical (unpaired) electrons. The molecule has 0 aromatic heterocycles. The monoisotopic (exact) mass is 198 g/mol. The summed E-state index contributed by atoms with van der Waals surface area (Å²) in [6, 6.07) is 0. The van der Waals surface area contributed by atoms with E-state index in [9.17, 15) is 4.57 Å². The quantitative estimate of drug-likeness (QED) is 0.358. The first-order valence-electron chi connectivity index (χ1n) is 3.41. The van der Waals surface area contributed by atoms with E-state index in [1.165, 1.54) is 6.92 Å². The second-order valence-electron chi connectivity index (χ2n) is 2.77. The van der Waals surface area contributed by atoms with Crippen LogP contribution in [0.3, 0.4) is 0 Å². The molecule has 1 aliphatic heterocycles. The van der Waals surface area contributed by atoms with Crippen molar-refractivity contribution in [3.8, 4) is 0 Å². The van der Waals surface area contributed by atoms with Gasteiger partial charge in [0.15, 0.2) is 5.85 Å². The van der Waals surface area contributed by atoms with Crippen LogP contribution in [-0.4, -0.2) is 44.4 Å². The standard InChI is InChI=1S/C5H11O6P/c1-2-3(6)4(7)5(8)12(9,10)11-2/h2-8H,1H3,(H,9,10)/t2-,3-,4+,5-/m0/s1. The van der Waals surface area contributed by atoms with Gasteiger partial charge in [0.2, 0.25) is 0 Å². The van der Waals surface area contributed by atoms with Gasteiger partial charge in [-0.05, 0) is 6.92 Å². The van der Waals surface area contributed by atoms with E-state index in [-0.39, 0.29) is 0 Å². The molecule has 0 spiro atoms. The third-order valence-electron chi connectivity index (χ3n) is 1.79. The summed E-state index contributed by atoms with van der Waals surface area (Å²) < 4.78 is 15.4. The molecule has 1 saturated heterocycles. The summed E-state index contributed by atoms with van der Waals surface area (Å²) in [5, 5.41) is 27.1. The van der Waals surface area contributed by atoms with Gasteiger partial charge in [-0.15, -0.1) is 0 Å². The van der Waals surface area contributed by atoms with Gasteiger partial charge in [0, 0.05) is 0 Å². The van der Waals surface area contributed by atoms with Crippen LogP contribution in [-0.2, 0) is 9.09 Å². The van der Waals surface area contributed by atoms with Crippen molar-refractivity contribution in [2.75, 3.05) is 0 Å². The molecular weight excluding hydrogens is 187 g/mol. The van der Waals surface area contributed by atoms with Gasteiger partial charge in [-0.3, -0.25) is 4.57 Å². The smallest absolute Gasteiger partial charge is 0.359 e. The predicted octanol–water partition coefficient (Wildman–Crippen LogP) is -1.37. The van der Waals surface area contributed by atoms with E-state index in [2.05, 4.69) is 4.52 Å². The van der Waals surface area contributed by atoms with Crippen LogP contribution in [0.1, 0.15) is 6.92 Å². The zero-order chi connectivity index (χ0) is 9.52. The SMILES string of the molecule is C[C@@H]1OP(=O)(O)[C@H](O)[C@H](O)[C@H]1O. The highest BCUT2D eigenvalue weighted by Crippen LogP contribution is 2.52. The van der Waals surface area contributed by atoms with E-state index in [0.717, 1.165) is 0 Å². The van der Waals surface area contributed by atoms with Crippen molar-refractivity contribution in [3.63, 3.8) is 0 Å². The van der Waals surface area contributed by atoms with Crippen molar-refractivity contribution in [3.05, 3.63) is 0 Å². The zero-order valence-corrected chi connectivity index (χ0v) is 7.26. The molecule has 72 valence electrons. The highest BCUT2D eigenvalue weighted by atomic mass is 31.2. The van der Waals surface area contributed by atoms with E-state index in [0.29, 0.717) is 0 Å². The molecule has 0 amide bonds. The molecule has 1 heterocycles. The minimum atomic E-state index is -4.18. The molecule has 1 aliphatic rings. The van der Waals surface area contributed by atoms with E-state index in [1.807, 2.05) is 0 Å². The third-order valence-corrected chi connectivity index (χ3v) is 3.40. The second-order valence-corrected chi connectivity index (χ2v) is 4.64. The first-order valence-corrected chi connectivity index (χ1v) is 5.06. The maximum absolute atomic E-state index is 10.9. The number of hydrogen-bond donors (Lipinski definition) is 4. The topological polar surface area (TPSA) is 107 Å². The van der Waals surface area contributed by atoms with Gasteiger partial charge in [-0.1, -0.05) is 0 Å². The maximum atomic E-state index is 10.9. The Morgan fingerprint density at radius 3 is 2.25 bits per heavy atom. The van der Waals surface area contributed by atoms with Crippen molar-refractivity contribution < 1.29 is 29.3 Å². The Balaban J connectivity index is 2.85. The summed E-state index contributed by atoms with van der Waals surface area (Å²) in [5.74, 6) is -1.93. The van der Waals surface area contributed by atoms with Gasteiger partial charge in [0.1, 0.15) is 12.2 Å². The van der Waals surface area contributed by atoms with Crippen molar-refractivity contribution in [2.24, 2.45) is 0 Å². The molecule has 1 fully saturated rings. The lowest BCUT2D eigenvalue weighted by Gasteiger charge is -2.35. The van der Waals surface area contributed by atoms with Crippen LogP contribution in [0.15, 0.2) is 0 Å². The lowest BCUT2D eigenvalue weighted by molar-refractivity contribution is -0.106. The first kappa shape index (κ1) is 10.1. The average Bonchev–Trinajstić information content (AvgIpc) is 1.97. The predicted molar refractivity (Wildman–Crippen MR) is 38.4 cm³/mol. The van der Waals surface area contributed by atoms with Crippen molar-refractivity contribution >= 4 is 7.60 Å². The lowest BCUT2D eigenvalue weighted by Crippen LogP contribution is -2.48. The number of aliphatic hydroxyl groups excluding tert-OH is 3. The van der Waals surface area contributed by atoms with E-state index in [4.69, 9.17) is 20.2 Å². The lowest BCUT2D eigenvalue weighted by atomic mass is 10.1. The molecule has 12 heavy (non-hydrogen) atoms. The fraction of sp³-hybridized carbons (Fsp3) is 1.00. The van der Waals surface area contributed by atoms with Gasteiger partial charge < -0.3 is 24.7 Å². The van der Waals surface area contributed by atoms with Crippen molar-refractivity contribution in [2.45, 2.75) is 31.1 Å². The Morgan fingerprint density at radius 1 is 1.25 bits per heavy atom. The third kappa shape index (κ3) is 1.54. The first-order chi connectivity index (χ1) is 5.36. The van der Waals surface area contributed by atoms with Crippen LogP contribution in [0.4, 0.5) is 0 Å². The number of aliphatic hydroxyl groups is 3. The van der Waals surface area contributed by atoms with Crippen LogP contribution in [0.25, 0.3) is 0 Å². The van der Waals surface area contributed by atoms with E-state index < -0.39 is 31.8 Å². The van der Waals surface area contributed by atoms with E-state index in [1.54, 1.807) is 0 Å². The minimum absolute atomic E-state index is 0.959. The molecule has 4 N–H and O–H groups in total. The molecule has 7 heteroatoms. The highest BCUT2D eigenvalue weighted by Gasteiger charge is 2.48. The second kappa shape index (κ2) is 3.06. The van der Waals surface area contributed by atoms with Gasteiger partial charge in [0.05, 0.1) is 6.10 Å².